The Morgan fingerprint density at radius 1 is 1.14 bits per heavy atom. The highest BCUT2D eigenvalue weighted by atomic mass is 16.7. The second-order valence-electron chi connectivity index (χ2n) is 6.67. The number of hydrogen-bond donors (Lipinski definition) is 2. The van der Waals surface area contributed by atoms with Crippen LogP contribution in [-0.4, -0.2) is 55.3 Å². The highest BCUT2D eigenvalue weighted by Gasteiger charge is 2.25. The number of amides is 3. The summed E-state index contributed by atoms with van der Waals surface area (Å²) in [6.45, 7) is 3.67. The standard InChI is InChI=1S/C19H25N3O6/c1-2-26-19(25)22-7-5-14(6-8-22)21-18(24)10-17(23)20-11-13-3-4-15-16(9-13)28-12-27-15/h3-4,9,14H,2,5-8,10-12H2,1H3,(H,20,23)(H,21,24). The third kappa shape index (κ3) is 5.28. The number of nitrogens with zero attached hydrogens (tertiary/aromatic N) is 1. The molecule has 1 fully saturated rings. The van der Waals surface area contributed by atoms with Crippen LogP contribution in [0.4, 0.5) is 4.79 Å². The van der Waals surface area contributed by atoms with Gasteiger partial charge in [0.1, 0.15) is 6.42 Å². The topological polar surface area (TPSA) is 106 Å². The lowest BCUT2D eigenvalue weighted by Crippen LogP contribution is -2.47. The van der Waals surface area contributed by atoms with Crippen molar-refractivity contribution in [3.63, 3.8) is 0 Å². The Kier molecular flexibility index (Phi) is 6.57. The largest absolute Gasteiger partial charge is 0.454 e. The fourth-order valence-corrected chi connectivity index (χ4v) is 3.16. The van der Waals surface area contributed by atoms with E-state index in [4.69, 9.17) is 14.2 Å². The molecule has 0 aromatic heterocycles. The fourth-order valence-electron chi connectivity index (χ4n) is 3.16. The highest BCUT2D eigenvalue weighted by molar-refractivity contribution is 5.96. The van der Waals surface area contributed by atoms with Gasteiger partial charge in [-0.3, -0.25) is 9.59 Å². The first-order valence-electron chi connectivity index (χ1n) is 9.41. The zero-order chi connectivity index (χ0) is 19.9. The summed E-state index contributed by atoms with van der Waals surface area (Å²) in [7, 11) is 0. The molecule has 0 spiro atoms. The number of benzene rings is 1. The molecule has 28 heavy (non-hydrogen) atoms. The lowest BCUT2D eigenvalue weighted by Gasteiger charge is -2.31. The molecule has 152 valence electrons. The molecule has 9 nitrogen and oxygen atoms in total. The van der Waals surface area contributed by atoms with Gasteiger partial charge in [0, 0.05) is 25.7 Å². The first-order valence-corrected chi connectivity index (χ1v) is 9.41. The van der Waals surface area contributed by atoms with Crippen molar-refractivity contribution in [2.45, 2.75) is 38.8 Å². The fraction of sp³-hybridized carbons (Fsp3) is 0.526. The van der Waals surface area contributed by atoms with Crippen molar-refractivity contribution in [2.75, 3.05) is 26.5 Å². The van der Waals surface area contributed by atoms with Crippen LogP contribution >= 0.6 is 0 Å². The second kappa shape index (κ2) is 9.29. The molecule has 2 heterocycles. The Balaban J connectivity index is 1.36. The van der Waals surface area contributed by atoms with Crippen LogP contribution in [-0.2, 0) is 20.9 Å². The zero-order valence-electron chi connectivity index (χ0n) is 15.9. The number of fused-ring (bicyclic) bond motifs is 1. The van der Waals surface area contributed by atoms with E-state index >= 15 is 0 Å². The molecule has 1 saturated heterocycles. The molecule has 0 aliphatic carbocycles. The van der Waals surface area contributed by atoms with Crippen molar-refractivity contribution in [3.8, 4) is 11.5 Å². The predicted octanol–water partition coefficient (Wildman–Crippen LogP) is 1.16. The maximum Gasteiger partial charge on any atom is 0.409 e. The summed E-state index contributed by atoms with van der Waals surface area (Å²) in [4.78, 5) is 37.4. The second-order valence-corrected chi connectivity index (χ2v) is 6.67. The molecule has 2 N–H and O–H groups in total. The molecule has 0 bridgehead atoms. The van der Waals surface area contributed by atoms with E-state index in [-0.39, 0.29) is 37.2 Å². The van der Waals surface area contributed by atoms with Gasteiger partial charge in [-0.2, -0.15) is 0 Å². The summed E-state index contributed by atoms with van der Waals surface area (Å²) >= 11 is 0. The van der Waals surface area contributed by atoms with Gasteiger partial charge in [-0.05, 0) is 37.5 Å². The molecule has 3 amide bonds. The van der Waals surface area contributed by atoms with Crippen molar-refractivity contribution in [2.24, 2.45) is 0 Å². The number of rotatable bonds is 6. The average Bonchev–Trinajstić information content (AvgIpc) is 3.15. The third-order valence-corrected chi connectivity index (χ3v) is 4.63. The van der Waals surface area contributed by atoms with Crippen molar-refractivity contribution >= 4 is 17.9 Å². The average molecular weight is 391 g/mol. The quantitative estimate of drug-likeness (QED) is 0.705. The van der Waals surface area contributed by atoms with Crippen molar-refractivity contribution in [1.29, 1.82) is 0 Å². The Morgan fingerprint density at radius 3 is 2.64 bits per heavy atom. The van der Waals surface area contributed by atoms with Crippen LogP contribution in [0.2, 0.25) is 0 Å². The van der Waals surface area contributed by atoms with Gasteiger partial charge >= 0.3 is 6.09 Å². The minimum atomic E-state index is -0.348. The summed E-state index contributed by atoms with van der Waals surface area (Å²) in [6.07, 6.45) is 0.727. The molecule has 2 aliphatic heterocycles. The van der Waals surface area contributed by atoms with Crippen LogP contribution in [0.1, 0.15) is 31.7 Å². The number of carbonyl (C=O) groups is 3. The molecular weight excluding hydrogens is 366 g/mol. The lowest BCUT2D eigenvalue weighted by molar-refractivity contribution is -0.129. The van der Waals surface area contributed by atoms with Crippen LogP contribution < -0.4 is 20.1 Å². The van der Waals surface area contributed by atoms with Crippen LogP contribution in [0.15, 0.2) is 18.2 Å². The van der Waals surface area contributed by atoms with E-state index in [9.17, 15) is 14.4 Å². The molecule has 9 heteroatoms. The minimum Gasteiger partial charge on any atom is -0.454 e. The molecule has 3 rings (SSSR count). The molecule has 0 saturated carbocycles. The Morgan fingerprint density at radius 2 is 1.89 bits per heavy atom. The van der Waals surface area contributed by atoms with E-state index in [0.717, 1.165) is 5.56 Å². The molecule has 0 radical (unpaired) electrons. The minimum absolute atomic E-state index is 0.0418. The highest BCUT2D eigenvalue weighted by Crippen LogP contribution is 2.32. The maximum atomic E-state index is 12.1. The van der Waals surface area contributed by atoms with E-state index in [0.29, 0.717) is 50.6 Å². The summed E-state index contributed by atoms with van der Waals surface area (Å²) in [5.74, 6) is 0.666. The van der Waals surface area contributed by atoms with E-state index in [1.165, 1.54) is 0 Å². The van der Waals surface area contributed by atoms with Gasteiger partial charge < -0.3 is 29.7 Å². The van der Waals surface area contributed by atoms with Crippen LogP contribution in [0.3, 0.4) is 0 Å². The maximum absolute atomic E-state index is 12.1. The number of ether oxygens (including phenoxy) is 3. The Bertz CT molecular complexity index is 730. The van der Waals surface area contributed by atoms with Gasteiger partial charge in [-0.25, -0.2) is 4.79 Å². The third-order valence-electron chi connectivity index (χ3n) is 4.63. The smallest absolute Gasteiger partial charge is 0.409 e. The van der Waals surface area contributed by atoms with Crippen molar-refractivity contribution < 1.29 is 28.6 Å². The summed E-state index contributed by atoms with van der Waals surface area (Å²) < 4.78 is 15.5. The predicted molar refractivity (Wildman–Crippen MR) is 98.8 cm³/mol. The molecule has 1 aromatic rings. The SMILES string of the molecule is CCOC(=O)N1CCC(NC(=O)CC(=O)NCc2ccc3c(c2)OCO3)CC1. The number of nitrogens with one attached hydrogen (secondary N) is 2. The van der Waals surface area contributed by atoms with E-state index in [2.05, 4.69) is 10.6 Å². The van der Waals surface area contributed by atoms with E-state index in [1.54, 1.807) is 24.0 Å². The van der Waals surface area contributed by atoms with Crippen LogP contribution in [0.5, 0.6) is 11.5 Å². The van der Waals surface area contributed by atoms with Crippen molar-refractivity contribution in [3.05, 3.63) is 23.8 Å². The Labute approximate surface area is 163 Å². The normalized spacial score (nSPS) is 15.8. The van der Waals surface area contributed by atoms with Gasteiger partial charge in [0.15, 0.2) is 11.5 Å². The molecule has 2 aliphatic rings. The first kappa shape index (κ1) is 19.8. The molecule has 0 unspecified atom stereocenters. The summed E-state index contributed by atoms with van der Waals surface area (Å²) in [6, 6.07) is 5.39. The van der Waals surface area contributed by atoms with E-state index < -0.39 is 0 Å². The molecule has 0 atom stereocenters. The number of carbonyl (C=O) groups excluding carboxylic acids is 3. The van der Waals surface area contributed by atoms with Gasteiger partial charge in [0.25, 0.3) is 0 Å². The van der Waals surface area contributed by atoms with Gasteiger partial charge in [-0.15, -0.1) is 0 Å². The summed E-state index contributed by atoms with van der Waals surface area (Å²) in [5.41, 5.74) is 0.865. The first-order chi connectivity index (χ1) is 13.5. The molecule has 1 aromatic carbocycles. The number of hydrogen-bond acceptors (Lipinski definition) is 6. The Hall–Kier alpha value is -2.97. The van der Waals surface area contributed by atoms with Gasteiger partial charge in [-0.1, -0.05) is 6.07 Å². The van der Waals surface area contributed by atoms with Gasteiger partial charge in [0.2, 0.25) is 18.6 Å². The lowest BCUT2D eigenvalue weighted by atomic mass is 10.1. The van der Waals surface area contributed by atoms with E-state index in [1.807, 2.05) is 6.07 Å². The monoisotopic (exact) mass is 391 g/mol. The number of piperidine rings is 1. The zero-order valence-corrected chi connectivity index (χ0v) is 15.9. The molecular formula is C19H25N3O6. The van der Waals surface area contributed by atoms with Crippen LogP contribution in [0.25, 0.3) is 0 Å². The number of likely N-dealkylation sites (tertiary alicyclic amines) is 1. The van der Waals surface area contributed by atoms with Crippen LogP contribution in [0, 0.1) is 0 Å². The van der Waals surface area contributed by atoms with Gasteiger partial charge in [0.05, 0.1) is 6.61 Å². The summed E-state index contributed by atoms with van der Waals surface area (Å²) in [5, 5.41) is 5.59. The van der Waals surface area contributed by atoms with Crippen molar-refractivity contribution in [1.82, 2.24) is 15.5 Å².